The van der Waals surface area contributed by atoms with Gasteiger partial charge in [-0.15, -0.1) is 26.3 Å². The molecule has 0 aromatic heterocycles. The maximum Gasteiger partial charge on any atom is 0.323 e. The van der Waals surface area contributed by atoms with Crippen molar-refractivity contribution in [3.05, 3.63) is 50.6 Å². The van der Waals surface area contributed by atoms with E-state index < -0.39 is 43.3 Å². The van der Waals surface area contributed by atoms with Crippen molar-refractivity contribution in [1.82, 2.24) is 5.32 Å². The second-order valence-corrected chi connectivity index (χ2v) is 15.1. The first-order chi connectivity index (χ1) is 14.3. The molecule has 0 saturated heterocycles. The van der Waals surface area contributed by atoms with Gasteiger partial charge in [-0.1, -0.05) is 24.3 Å². The maximum atomic E-state index is 13.8. The summed E-state index contributed by atoms with van der Waals surface area (Å²) in [5.74, 6) is -1.10. The second kappa shape index (κ2) is 13.0. The highest BCUT2D eigenvalue weighted by atomic mass is 31.2. The molecule has 0 aliphatic carbocycles. The highest BCUT2D eigenvalue weighted by molar-refractivity contribution is 7.82. The molecule has 0 unspecified atom stereocenters. The van der Waals surface area contributed by atoms with Crippen LogP contribution in [0.4, 0.5) is 0 Å². The lowest BCUT2D eigenvalue weighted by molar-refractivity contribution is -0.156. The molecule has 0 aliphatic heterocycles. The normalized spacial score (nSPS) is 13.2. The van der Waals surface area contributed by atoms with E-state index in [1.54, 1.807) is 20.8 Å². The number of ether oxygens (including phenoxy) is 1. The van der Waals surface area contributed by atoms with Gasteiger partial charge >= 0.3 is 5.97 Å². The Labute approximate surface area is 187 Å². The molecule has 0 heterocycles. The van der Waals surface area contributed by atoms with Gasteiger partial charge in [0.25, 0.3) is 0 Å². The van der Waals surface area contributed by atoms with Gasteiger partial charge in [-0.2, -0.15) is 0 Å². The Bertz CT molecular complexity index is 704. The fourth-order valence-corrected chi connectivity index (χ4v) is 10.8. The summed E-state index contributed by atoms with van der Waals surface area (Å²) in [6.07, 6.45) is 6.29. The Morgan fingerprint density at radius 2 is 1.32 bits per heavy atom. The predicted molar refractivity (Wildman–Crippen MR) is 130 cm³/mol. The molecule has 3 N–H and O–H groups in total. The lowest BCUT2D eigenvalue weighted by Gasteiger charge is -2.33. The summed E-state index contributed by atoms with van der Waals surface area (Å²) >= 11 is 0. The molecule has 0 bridgehead atoms. The first-order valence-electron chi connectivity index (χ1n) is 10.2. The van der Waals surface area contributed by atoms with E-state index in [4.69, 9.17) is 10.5 Å². The van der Waals surface area contributed by atoms with Gasteiger partial charge in [0.2, 0.25) is 5.91 Å². The average molecular weight is 473 g/mol. The van der Waals surface area contributed by atoms with E-state index >= 15 is 0 Å². The van der Waals surface area contributed by atoms with Crippen molar-refractivity contribution >= 4 is 26.2 Å². The SMILES string of the molecule is C=CCP(=O)(CC=C)C(NC(=O)CC[C@H](N)C(=O)OC(C)(C)C)P(=O)(CC=C)CC=C. The van der Waals surface area contributed by atoms with Crippen LogP contribution in [0.2, 0.25) is 0 Å². The summed E-state index contributed by atoms with van der Waals surface area (Å²) in [5.41, 5.74) is 4.09. The minimum atomic E-state index is -3.21. The number of carbonyl (C=O) groups is 2. The molecule has 0 saturated carbocycles. The molecule has 0 aromatic rings. The summed E-state index contributed by atoms with van der Waals surface area (Å²) in [7, 11) is -6.42. The van der Waals surface area contributed by atoms with Crippen molar-refractivity contribution in [2.45, 2.75) is 50.8 Å². The van der Waals surface area contributed by atoms with Crippen LogP contribution in [0.1, 0.15) is 33.6 Å². The third-order valence-corrected chi connectivity index (χ3v) is 12.4. The van der Waals surface area contributed by atoms with Gasteiger partial charge in [0.15, 0.2) is 0 Å². The number of rotatable bonds is 15. The van der Waals surface area contributed by atoms with Crippen LogP contribution in [0.25, 0.3) is 0 Å². The lowest BCUT2D eigenvalue weighted by atomic mass is 10.1. The molecule has 7 nitrogen and oxygen atoms in total. The summed E-state index contributed by atoms with van der Waals surface area (Å²) < 4.78 is 32.7. The third-order valence-electron chi connectivity index (χ3n) is 4.33. The van der Waals surface area contributed by atoms with Gasteiger partial charge in [0.1, 0.15) is 31.5 Å². The molecule has 0 aliphatic rings. The van der Waals surface area contributed by atoms with Gasteiger partial charge in [-0.25, -0.2) is 0 Å². The van der Waals surface area contributed by atoms with Crippen molar-refractivity contribution in [2.75, 3.05) is 24.6 Å². The predicted octanol–water partition coefficient (Wildman–Crippen LogP) is 4.31. The van der Waals surface area contributed by atoms with Crippen LogP contribution in [0.5, 0.6) is 0 Å². The van der Waals surface area contributed by atoms with Crippen molar-refractivity contribution in [1.29, 1.82) is 0 Å². The Morgan fingerprint density at radius 3 is 1.65 bits per heavy atom. The quantitative estimate of drug-likeness (QED) is 0.209. The Kier molecular flexibility index (Phi) is 12.3. The smallest absolute Gasteiger partial charge is 0.323 e. The van der Waals surface area contributed by atoms with E-state index in [2.05, 4.69) is 31.6 Å². The number of nitrogens with two attached hydrogens (primary N) is 1. The van der Waals surface area contributed by atoms with E-state index in [-0.39, 0.29) is 37.5 Å². The zero-order valence-corrected chi connectivity index (χ0v) is 20.8. The van der Waals surface area contributed by atoms with E-state index in [1.165, 1.54) is 24.3 Å². The van der Waals surface area contributed by atoms with Gasteiger partial charge in [0.05, 0.1) is 0 Å². The molecule has 0 radical (unpaired) electrons. The number of carbonyl (C=O) groups excluding carboxylic acids is 2. The Balaban J connectivity index is 5.66. The molecule has 1 atom stereocenters. The molecule has 0 aromatic carbocycles. The number of allylic oxidation sites excluding steroid dienone is 4. The first kappa shape index (κ1) is 29.3. The average Bonchev–Trinajstić information content (AvgIpc) is 2.63. The summed E-state index contributed by atoms with van der Waals surface area (Å²) in [6.45, 7) is 19.8. The molecule has 1 amide bonds. The molecule has 0 rings (SSSR count). The van der Waals surface area contributed by atoms with Crippen molar-refractivity contribution < 1.29 is 23.5 Å². The minimum absolute atomic E-state index is 0.0356. The van der Waals surface area contributed by atoms with Crippen LogP contribution in [0.3, 0.4) is 0 Å². The fraction of sp³-hybridized carbons (Fsp3) is 0.545. The van der Waals surface area contributed by atoms with Gasteiger partial charge < -0.3 is 24.9 Å². The molecular weight excluding hydrogens is 434 g/mol. The van der Waals surface area contributed by atoms with Crippen molar-refractivity contribution in [3.63, 3.8) is 0 Å². The lowest BCUT2D eigenvalue weighted by Crippen LogP contribution is -2.40. The topological polar surface area (TPSA) is 116 Å². The number of amides is 1. The molecule has 9 heteroatoms. The van der Waals surface area contributed by atoms with Crippen LogP contribution in [0.15, 0.2) is 50.6 Å². The van der Waals surface area contributed by atoms with Crippen LogP contribution in [-0.4, -0.2) is 53.7 Å². The summed E-state index contributed by atoms with van der Waals surface area (Å²) in [5, 5.41) is 2.72. The van der Waals surface area contributed by atoms with Gasteiger partial charge in [-0.05, 0) is 27.2 Å². The molecular formula is C22H38N2O5P2. The molecule has 0 spiro atoms. The standard InChI is InChI=1S/C22H38N2O5P2/c1-8-14-30(27,15-9-2)21(31(28,16-10-3)17-11-4)24-19(25)13-12-18(23)20(26)29-22(5,6)7/h8-11,18,21H,1-4,12-17,23H2,5-7H3,(H,24,25)/t18-/m0/s1. The molecule has 31 heavy (non-hydrogen) atoms. The van der Waals surface area contributed by atoms with E-state index in [1.807, 2.05) is 0 Å². The van der Waals surface area contributed by atoms with Crippen molar-refractivity contribution in [3.8, 4) is 0 Å². The largest absolute Gasteiger partial charge is 0.459 e. The van der Waals surface area contributed by atoms with Crippen LogP contribution in [-0.2, 0) is 23.5 Å². The second-order valence-electron chi connectivity index (χ2n) is 8.41. The minimum Gasteiger partial charge on any atom is -0.459 e. The summed E-state index contributed by atoms with van der Waals surface area (Å²) in [6, 6.07) is -0.982. The fourth-order valence-electron chi connectivity index (χ4n) is 3.04. The van der Waals surface area contributed by atoms with E-state index in [0.717, 1.165) is 0 Å². The molecule has 0 fully saturated rings. The van der Waals surface area contributed by atoms with E-state index in [0.29, 0.717) is 0 Å². The van der Waals surface area contributed by atoms with Gasteiger partial charge in [0, 0.05) is 31.1 Å². The monoisotopic (exact) mass is 472 g/mol. The number of esters is 1. The number of hydrogen-bond donors (Lipinski definition) is 2. The van der Waals surface area contributed by atoms with Gasteiger partial charge in [-0.3, -0.25) is 9.59 Å². The van der Waals surface area contributed by atoms with Crippen LogP contribution >= 0.6 is 14.3 Å². The number of hydrogen-bond acceptors (Lipinski definition) is 6. The summed E-state index contributed by atoms with van der Waals surface area (Å²) in [4.78, 5) is 24.8. The third kappa shape index (κ3) is 9.99. The molecule has 176 valence electrons. The Morgan fingerprint density at radius 1 is 0.935 bits per heavy atom. The zero-order chi connectivity index (χ0) is 24.3. The van der Waals surface area contributed by atoms with Crippen LogP contribution in [0, 0.1) is 0 Å². The van der Waals surface area contributed by atoms with Crippen LogP contribution < -0.4 is 11.1 Å². The first-order valence-corrected chi connectivity index (χ1v) is 14.4. The highest BCUT2D eigenvalue weighted by Gasteiger charge is 2.44. The van der Waals surface area contributed by atoms with Crippen molar-refractivity contribution in [2.24, 2.45) is 5.73 Å². The van der Waals surface area contributed by atoms with E-state index in [9.17, 15) is 18.7 Å². The zero-order valence-electron chi connectivity index (χ0n) is 19.0. The maximum absolute atomic E-state index is 13.8. The highest BCUT2D eigenvalue weighted by Crippen LogP contribution is 2.67. The Hall–Kier alpha value is -1.68. The number of nitrogens with one attached hydrogen (secondary N) is 1.